The lowest BCUT2D eigenvalue weighted by atomic mass is 10.2. The van der Waals surface area contributed by atoms with Crippen molar-refractivity contribution in [2.75, 3.05) is 23.7 Å². The molecular weight excluding hydrogens is 356 g/mol. The zero-order valence-electron chi connectivity index (χ0n) is 15.9. The summed E-state index contributed by atoms with van der Waals surface area (Å²) >= 11 is 0. The summed E-state index contributed by atoms with van der Waals surface area (Å²) < 4.78 is 0. The number of aryl methyl sites for hydroxylation is 2. The normalized spacial score (nSPS) is 10.8. The molecule has 2 aromatic carbocycles. The molecule has 0 fully saturated rings. The Labute approximate surface area is 164 Å². The zero-order chi connectivity index (χ0) is 20.2. The molecule has 2 amide bonds. The molecule has 0 saturated heterocycles. The number of hydrazone groups is 2. The van der Waals surface area contributed by atoms with Gasteiger partial charge in [-0.3, -0.25) is 9.59 Å². The minimum atomic E-state index is -0.292. The second-order valence-electron chi connectivity index (χ2n) is 5.96. The number of amides is 2. The zero-order valence-corrected chi connectivity index (χ0v) is 15.9. The maximum absolute atomic E-state index is 11.7. The molecule has 28 heavy (non-hydrogen) atoms. The van der Waals surface area contributed by atoms with Crippen molar-refractivity contribution in [3.05, 3.63) is 59.7 Å². The van der Waals surface area contributed by atoms with Gasteiger partial charge in [0, 0.05) is 11.4 Å². The summed E-state index contributed by atoms with van der Waals surface area (Å²) in [6.07, 6.45) is 2.56. The fraction of sp³-hybridized carbons (Fsp3) is 0.200. The Hall–Kier alpha value is -3.68. The molecule has 0 heterocycles. The first kappa shape index (κ1) is 20.6. The van der Waals surface area contributed by atoms with E-state index in [4.69, 9.17) is 0 Å². The van der Waals surface area contributed by atoms with Crippen molar-refractivity contribution in [2.24, 2.45) is 10.2 Å². The molecular formula is C20H24N6O2. The summed E-state index contributed by atoms with van der Waals surface area (Å²) in [5.41, 5.74) is 8.63. The van der Waals surface area contributed by atoms with Gasteiger partial charge in [-0.1, -0.05) is 36.4 Å². The van der Waals surface area contributed by atoms with Crippen LogP contribution in [0.25, 0.3) is 0 Å². The molecule has 0 unspecified atom stereocenters. The van der Waals surface area contributed by atoms with E-state index in [0.29, 0.717) is 0 Å². The van der Waals surface area contributed by atoms with E-state index < -0.39 is 0 Å². The Morgan fingerprint density at radius 1 is 0.750 bits per heavy atom. The lowest BCUT2D eigenvalue weighted by Gasteiger charge is -2.07. The number of carbonyl (C=O) groups excluding carboxylic acids is 2. The molecule has 0 radical (unpaired) electrons. The van der Waals surface area contributed by atoms with Crippen LogP contribution in [0.3, 0.4) is 0 Å². The molecule has 0 spiro atoms. The smallest absolute Gasteiger partial charge is 0.259 e. The summed E-state index contributed by atoms with van der Waals surface area (Å²) in [4.78, 5) is 23.4. The van der Waals surface area contributed by atoms with Crippen LogP contribution in [0.4, 0.5) is 11.4 Å². The highest BCUT2D eigenvalue weighted by Gasteiger charge is 2.01. The highest BCUT2D eigenvalue weighted by molar-refractivity contribution is 6.16. The van der Waals surface area contributed by atoms with Crippen LogP contribution in [0.1, 0.15) is 11.1 Å². The van der Waals surface area contributed by atoms with Gasteiger partial charge >= 0.3 is 0 Å². The first-order valence-electron chi connectivity index (χ1n) is 8.77. The van der Waals surface area contributed by atoms with Crippen LogP contribution >= 0.6 is 0 Å². The lowest BCUT2D eigenvalue weighted by Crippen LogP contribution is -2.27. The van der Waals surface area contributed by atoms with Crippen LogP contribution in [0, 0.1) is 13.8 Å². The molecule has 4 N–H and O–H groups in total. The monoisotopic (exact) mass is 380 g/mol. The van der Waals surface area contributed by atoms with Gasteiger partial charge in [0.25, 0.3) is 11.8 Å². The van der Waals surface area contributed by atoms with E-state index in [1.54, 1.807) is 0 Å². The summed E-state index contributed by atoms with van der Waals surface area (Å²) in [6, 6.07) is 15.4. The van der Waals surface area contributed by atoms with Crippen LogP contribution < -0.4 is 21.5 Å². The van der Waals surface area contributed by atoms with E-state index in [1.165, 1.54) is 12.4 Å². The van der Waals surface area contributed by atoms with E-state index in [0.717, 1.165) is 22.5 Å². The number of benzene rings is 2. The number of anilines is 2. The number of rotatable bonds is 9. The lowest BCUT2D eigenvalue weighted by molar-refractivity contribution is -0.120. The SMILES string of the molecule is Cc1ccccc1NCC(=O)NN=CC=NNC(=O)CNc1ccccc1C. The summed E-state index contributed by atoms with van der Waals surface area (Å²) in [5, 5.41) is 13.5. The highest BCUT2D eigenvalue weighted by atomic mass is 16.2. The average Bonchev–Trinajstić information content (AvgIpc) is 2.69. The Kier molecular flexibility index (Phi) is 8.19. The van der Waals surface area contributed by atoms with Gasteiger partial charge in [-0.25, -0.2) is 10.9 Å². The molecule has 0 bridgehead atoms. The molecule has 146 valence electrons. The van der Waals surface area contributed by atoms with Gasteiger partial charge in [-0.2, -0.15) is 10.2 Å². The van der Waals surface area contributed by atoms with E-state index >= 15 is 0 Å². The Morgan fingerprint density at radius 3 is 1.54 bits per heavy atom. The van der Waals surface area contributed by atoms with Crippen molar-refractivity contribution < 1.29 is 9.59 Å². The van der Waals surface area contributed by atoms with Crippen LogP contribution in [0.15, 0.2) is 58.7 Å². The highest BCUT2D eigenvalue weighted by Crippen LogP contribution is 2.12. The van der Waals surface area contributed by atoms with Crippen LogP contribution in [0.5, 0.6) is 0 Å². The van der Waals surface area contributed by atoms with Crippen LogP contribution in [-0.4, -0.2) is 37.3 Å². The maximum atomic E-state index is 11.7. The predicted octanol–water partition coefficient (Wildman–Crippen LogP) is 2.03. The topological polar surface area (TPSA) is 107 Å². The number of hydrogen-bond donors (Lipinski definition) is 4. The standard InChI is InChI=1S/C20H24N6O2/c1-15-7-3-5-9-17(15)21-13-19(27)25-23-11-12-24-26-20(28)14-22-18-10-6-4-8-16(18)2/h3-12,21-22H,13-14H2,1-2H3,(H,25,27)(H,26,28). The number of hydrogen-bond acceptors (Lipinski definition) is 6. The van der Waals surface area contributed by atoms with Crippen molar-refractivity contribution >= 4 is 35.6 Å². The van der Waals surface area contributed by atoms with Crippen molar-refractivity contribution in [2.45, 2.75) is 13.8 Å². The first-order chi connectivity index (χ1) is 13.6. The number of nitrogens with one attached hydrogen (secondary N) is 4. The van der Waals surface area contributed by atoms with Gasteiger partial charge in [-0.05, 0) is 37.1 Å². The molecule has 0 aromatic heterocycles. The fourth-order valence-electron chi connectivity index (χ4n) is 2.26. The van der Waals surface area contributed by atoms with Gasteiger partial charge in [0.15, 0.2) is 0 Å². The summed E-state index contributed by atoms with van der Waals surface area (Å²) in [5.74, 6) is -0.585. The molecule has 0 aliphatic rings. The van der Waals surface area contributed by atoms with Crippen LogP contribution in [0.2, 0.25) is 0 Å². The number of nitrogens with zero attached hydrogens (tertiary/aromatic N) is 2. The molecule has 8 nitrogen and oxygen atoms in total. The minimum Gasteiger partial charge on any atom is -0.376 e. The van der Waals surface area contributed by atoms with Gasteiger partial charge in [0.1, 0.15) is 0 Å². The third kappa shape index (κ3) is 7.28. The Balaban J connectivity index is 1.62. The molecule has 2 aromatic rings. The summed E-state index contributed by atoms with van der Waals surface area (Å²) in [6.45, 7) is 4.11. The maximum Gasteiger partial charge on any atom is 0.259 e. The van der Waals surface area contributed by atoms with Gasteiger partial charge in [-0.15, -0.1) is 0 Å². The predicted molar refractivity (Wildman–Crippen MR) is 113 cm³/mol. The summed E-state index contributed by atoms with van der Waals surface area (Å²) in [7, 11) is 0. The molecule has 8 heteroatoms. The average molecular weight is 380 g/mol. The molecule has 0 atom stereocenters. The van der Waals surface area contributed by atoms with Gasteiger partial charge in [0.05, 0.1) is 25.5 Å². The largest absolute Gasteiger partial charge is 0.376 e. The molecule has 0 aliphatic heterocycles. The molecule has 2 rings (SSSR count). The van der Waals surface area contributed by atoms with Gasteiger partial charge in [0.2, 0.25) is 0 Å². The Morgan fingerprint density at radius 2 is 1.14 bits per heavy atom. The van der Waals surface area contributed by atoms with Crippen molar-refractivity contribution in [1.29, 1.82) is 0 Å². The van der Waals surface area contributed by atoms with E-state index in [1.807, 2.05) is 62.4 Å². The number of carbonyl (C=O) groups is 2. The number of para-hydroxylation sites is 2. The van der Waals surface area contributed by atoms with E-state index in [9.17, 15) is 9.59 Å². The van der Waals surface area contributed by atoms with Crippen molar-refractivity contribution in [3.63, 3.8) is 0 Å². The first-order valence-corrected chi connectivity index (χ1v) is 8.77. The minimum absolute atomic E-state index is 0.0979. The molecule has 0 aliphatic carbocycles. The third-order valence-corrected chi connectivity index (χ3v) is 3.76. The quantitative estimate of drug-likeness (QED) is 0.394. The fourth-order valence-corrected chi connectivity index (χ4v) is 2.26. The van der Waals surface area contributed by atoms with E-state index in [2.05, 4.69) is 31.7 Å². The van der Waals surface area contributed by atoms with Crippen molar-refractivity contribution in [1.82, 2.24) is 10.9 Å². The van der Waals surface area contributed by atoms with E-state index in [-0.39, 0.29) is 24.9 Å². The second kappa shape index (κ2) is 11.1. The Bertz CT molecular complexity index is 792. The second-order valence-corrected chi connectivity index (χ2v) is 5.96. The van der Waals surface area contributed by atoms with Crippen LogP contribution in [-0.2, 0) is 9.59 Å². The third-order valence-electron chi connectivity index (χ3n) is 3.76. The van der Waals surface area contributed by atoms with Gasteiger partial charge < -0.3 is 10.6 Å². The van der Waals surface area contributed by atoms with Crippen molar-refractivity contribution in [3.8, 4) is 0 Å². The molecule has 0 saturated carbocycles.